The SMILES string of the molecule is Cc1nc2nc([C@H]3CCO[C@H](c4cn(C5CC5)nn4)C3)nc(-c3ccc(F)cc3F)c2nc1C. The third kappa shape index (κ3) is 3.81. The molecule has 34 heavy (non-hydrogen) atoms. The van der Waals surface area contributed by atoms with Crippen LogP contribution in [0.5, 0.6) is 0 Å². The molecule has 0 bridgehead atoms. The molecule has 1 saturated carbocycles. The molecule has 10 heteroatoms. The molecule has 0 spiro atoms. The molecule has 0 radical (unpaired) electrons. The fourth-order valence-corrected chi connectivity index (χ4v) is 4.37. The number of halogens is 2. The lowest BCUT2D eigenvalue weighted by molar-refractivity contribution is 0.00141. The summed E-state index contributed by atoms with van der Waals surface area (Å²) in [5, 5.41) is 8.57. The van der Waals surface area contributed by atoms with Crippen molar-refractivity contribution in [2.45, 2.75) is 57.6 Å². The molecule has 6 rings (SSSR count). The van der Waals surface area contributed by atoms with Crippen molar-refractivity contribution in [3.05, 3.63) is 58.9 Å². The summed E-state index contributed by atoms with van der Waals surface area (Å²) in [6, 6.07) is 3.90. The number of nitrogens with zero attached hydrogens (tertiary/aromatic N) is 7. The average Bonchev–Trinajstić information content (AvgIpc) is 3.56. The quantitative estimate of drug-likeness (QED) is 0.439. The van der Waals surface area contributed by atoms with E-state index in [9.17, 15) is 8.78 Å². The van der Waals surface area contributed by atoms with Gasteiger partial charge in [0.05, 0.1) is 23.6 Å². The Morgan fingerprint density at radius 1 is 1.00 bits per heavy atom. The van der Waals surface area contributed by atoms with E-state index in [0.29, 0.717) is 53.9 Å². The van der Waals surface area contributed by atoms with Crippen LogP contribution in [0.1, 0.15) is 66.7 Å². The number of aromatic nitrogens is 7. The Morgan fingerprint density at radius 2 is 1.82 bits per heavy atom. The molecule has 1 aromatic carbocycles. The van der Waals surface area contributed by atoms with E-state index in [-0.39, 0.29) is 17.6 Å². The number of rotatable bonds is 4. The van der Waals surface area contributed by atoms with Crippen molar-refractivity contribution in [1.82, 2.24) is 34.9 Å². The minimum Gasteiger partial charge on any atom is -0.372 e. The molecule has 0 N–H and O–H groups in total. The van der Waals surface area contributed by atoms with Gasteiger partial charge in [-0.1, -0.05) is 5.21 Å². The number of aryl methyl sites for hydroxylation is 2. The second kappa shape index (κ2) is 8.12. The largest absolute Gasteiger partial charge is 0.372 e. The van der Waals surface area contributed by atoms with Crippen LogP contribution in [-0.2, 0) is 4.74 Å². The van der Waals surface area contributed by atoms with Crippen molar-refractivity contribution in [2.75, 3.05) is 6.61 Å². The lowest BCUT2D eigenvalue weighted by atomic mass is 9.93. The molecule has 0 unspecified atom stereocenters. The molecule has 3 aromatic heterocycles. The first-order valence-corrected chi connectivity index (χ1v) is 11.5. The Labute approximate surface area is 194 Å². The molecule has 2 aliphatic rings. The van der Waals surface area contributed by atoms with Gasteiger partial charge >= 0.3 is 0 Å². The van der Waals surface area contributed by atoms with E-state index in [4.69, 9.17) is 14.7 Å². The van der Waals surface area contributed by atoms with Gasteiger partial charge < -0.3 is 4.74 Å². The Hall–Kier alpha value is -3.40. The van der Waals surface area contributed by atoms with Crippen LogP contribution in [0, 0.1) is 25.5 Å². The Morgan fingerprint density at radius 3 is 2.62 bits per heavy atom. The summed E-state index contributed by atoms with van der Waals surface area (Å²) >= 11 is 0. The topological polar surface area (TPSA) is 91.5 Å². The highest BCUT2D eigenvalue weighted by Gasteiger charge is 2.32. The lowest BCUT2D eigenvalue weighted by Gasteiger charge is -2.27. The number of benzene rings is 1. The first kappa shape index (κ1) is 21.2. The lowest BCUT2D eigenvalue weighted by Crippen LogP contribution is -2.21. The van der Waals surface area contributed by atoms with Gasteiger partial charge in [-0.25, -0.2) is 33.4 Å². The van der Waals surface area contributed by atoms with E-state index in [2.05, 4.69) is 20.3 Å². The summed E-state index contributed by atoms with van der Waals surface area (Å²) < 4.78 is 36.3. The zero-order valence-corrected chi connectivity index (χ0v) is 18.9. The second-order valence-corrected chi connectivity index (χ2v) is 9.06. The van der Waals surface area contributed by atoms with Crippen molar-refractivity contribution < 1.29 is 13.5 Å². The molecule has 2 atom stereocenters. The highest BCUT2D eigenvalue weighted by Crippen LogP contribution is 2.39. The normalized spacial score (nSPS) is 20.7. The summed E-state index contributed by atoms with van der Waals surface area (Å²) in [5.74, 6) is -0.844. The predicted octanol–water partition coefficient (Wildman–Crippen LogP) is 4.54. The van der Waals surface area contributed by atoms with Gasteiger partial charge in [0.2, 0.25) is 0 Å². The molecular weight excluding hydrogens is 440 g/mol. The Balaban J connectivity index is 1.41. The third-order valence-electron chi connectivity index (χ3n) is 6.57. The van der Waals surface area contributed by atoms with E-state index in [1.807, 2.05) is 24.7 Å². The number of fused-ring (bicyclic) bond motifs is 1. The van der Waals surface area contributed by atoms with Gasteiger partial charge in [0.25, 0.3) is 0 Å². The van der Waals surface area contributed by atoms with E-state index in [1.165, 1.54) is 12.1 Å². The van der Waals surface area contributed by atoms with Crippen LogP contribution in [0.15, 0.2) is 24.4 Å². The number of ether oxygens (including phenoxy) is 1. The molecule has 1 aliphatic heterocycles. The highest BCUT2D eigenvalue weighted by atomic mass is 19.1. The summed E-state index contributed by atoms with van der Waals surface area (Å²) in [6.45, 7) is 4.21. The van der Waals surface area contributed by atoms with E-state index >= 15 is 0 Å². The molecule has 4 heterocycles. The van der Waals surface area contributed by atoms with E-state index in [0.717, 1.165) is 30.3 Å². The van der Waals surface area contributed by atoms with Crippen molar-refractivity contribution in [2.24, 2.45) is 0 Å². The molecule has 1 saturated heterocycles. The fraction of sp³-hybridized carbons (Fsp3) is 0.417. The molecule has 8 nitrogen and oxygen atoms in total. The summed E-state index contributed by atoms with van der Waals surface area (Å²) in [4.78, 5) is 18.7. The van der Waals surface area contributed by atoms with Crippen molar-refractivity contribution >= 4 is 11.2 Å². The van der Waals surface area contributed by atoms with Crippen LogP contribution in [-0.4, -0.2) is 41.5 Å². The molecule has 0 amide bonds. The van der Waals surface area contributed by atoms with Crippen molar-refractivity contribution in [3.8, 4) is 11.3 Å². The van der Waals surface area contributed by atoms with Crippen LogP contribution < -0.4 is 0 Å². The molecule has 174 valence electrons. The monoisotopic (exact) mass is 463 g/mol. The first-order valence-electron chi connectivity index (χ1n) is 11.5. The van der Waals surface area contributed by atoms with Gasteiger partial charge in [-0.3, -0.25) is 0 Å². The molecule has 4 aromatic rings. The van der Waals surface area contributed by atoms with Crippen LogP contribution in [0.25, 0.3) is 22.4 Å². The van der Waals surface area contributed by atoms with Crippen LogP contribution in [0.2, 0.25) is 0 Å². The minimum atomic E-state index is -0.701. The van der Waals surface area contributed by atoms with Gasteiger partial charge in [0.1, 0.15) is 40.5 Å². The second-order valence-electron chi connectivity index (χ2n) is 9.06. The molecule has 1 aliphatic carbocycles. The van der Waals surface area contributed by atoms with Crippen molar-refractivity contribution in [1.29, 1.82) is 0 Å². The number of hydrogen-bond donors (Lipinski definition) is 0. The number of hydrogen-bond acceptors (Lipinski definition) is 7. The van der Waals surface area contributed by atoms with Gasteiger partial charge in [-0.15, -0.1) is 5.10 Å². The summed E-state index contributed by atoms with van der Waals surface area (Å²) in [5.41, 5.74) is 3.53. The Bertz CT molecular complexity index is 1400. The third-order valence-corrected chi connectivity index (χ3v) is 6.57. The van der Waals surface area contributed by atoms with Gasteiger partial charge in [-0.05, 0) is 51.7 Å². The molecular formula is C24H23F2N7O. The van der Waals surface area contributed by atoms with Crippen LogP contribution in [0.3, 0.4) is 0 Å². The minimum absolute atomic E-state index is 0.0418. The van der Waals surface area contributed by atoms with Gasteiger partial charge in [0, 0.05) is 24.2 Å². The zero-order chi connectivity index (χ0) is 23.4. The van der Waals surface area contributed by atoms with E-state index in [1.54, 1.807) is 0 Å². The maximum absolute atomic E-state index is 14.8. The zero-order valence-electron chi connectivity index (χ0n) is 18.9. The first-order chi connectivity index (χ1) is 16.5. The van der Waals surface area contributed by atoms with Crippen molar-refractivity contribution in [3.63, 3.8) is 0 Å². The fourth-order valence-electron chi connectivity index (χ4n) is 4.37. The van der Waals surface area contributed by atoms with E-state index < -0.39 is 11.6 Å². The average molecular weight is 463 g/mol. The van der Waals surface area contributed by atoms with Crippen LogP contribution in [0.4, 0.5) is 8.78 Å². The standard InChI is InChI=1S/C24H23F2N7O/c1-12-13(2)28-24-22(27-12)21(17-6-3-15(25)10-18(17)26)29-23(30-24)14-7-8-34-20(9-14)19-11-33(32-31-19)16-4-5-16/h3,6,10-11,14,16,20H,4-5,7-9H2,1-2H3/t14-,20-/m0/s1. The highest BCUT2D eigenvalue weighted by molar-refractivity contribution is 5.87. The van der Waals surface area contributed by atoms with Gasteiger partial charge in [-0.2, -0.15) is 0 Å². The predicted molar refractivity (Wildman–Crippen MR) is 119 cm³/mol. The Kier molecular flexibility index (Phi) is 5.05. The molecule has 2 fully saturated rings. The maximum Gasteiger partial charge on any atom is 0.182 e. The smallest absolute Gasteiger partial charge is 0.182 e. The summed E-state index contributed by atoms with van der Waals surface area (Å²) in [6.07, 6.45) is 5.33. The van der Waals surface area contributed by atoms with Crippen LogP contribution >= 0.6 is 0 Å². The van der Waals surface area contributed by atoms with Gasteiger partial charge in [0.15, 0.2) is 5.65 Å². The summed E-state index contributed by atoms with van der Waals surface area (Å²) in [7, 11) is 0. The maximum atomic E-state index is 14.8.